The van der Waals surface area contributed by atoms with Crippen molar-refractivity contribution in [3.8, 4) is 0 Å². The van der Waals surface area contributed by atoms with Crippen LogP contribution in [0.4, 0.5) is 10.1 Å². The van der Waals surface area contributed by atoms with Crippen molar-refractivity contribution in [2.24, 2.45) is 0 Å². The summed E-state index contributed by atoms with van der Waals surface area (Å²) in [5.41, 5.74) is 1.20. The molecule has 110 valence electrons. The number of carbonyl (C=O) groups is 1. The van der Waals surface area contributed by atoms with Gasteiger partial charge < -0.3 is 10.3 Å². The molecule has 0 bridgehead atoms. The van der Waals surface area contributed by atoms with Crippen LogP contribution in [0.5, 0.6) is 0 Å². The summed E-state index contributed by atoms with van der Waals surface area (Å²) in [5.74, 6) is -0.875. The zero-order chi connectivity index (χ0) is 15.7. The van der Waals surface area contributed by atoms with E-state index in [0.717, 1.165) is 0 Å². The summed E-state index contributed by atoms with van der Waals surface area (Å²) < 4.78 is 13.2. The quantitative estimate of drug-likeness (QED) is 0.762. The van der Waals surface area contributed by atoms with Crippen LogP contribution in [-0.4, -0.2) is 10.9 Å². The molecule has 0 fully saturated rings. The first-order valence-corrected chi connectivity index (χ1v) is 6.74. The van der Waals surface area contributed by atoms with E-state index in [-0.39, 0.29) is 16.8 Å². The van der Waals surface area contributed by atoms with Gasteiger partial charge in [0.05, 0.1) is 0 Å². The molecule has 0 aliphatic rings. The van der Waals surface area contributed by atoms with Gasteiger partial charge in [0.15, 0.2) is 0 Å². The van der Waals surface area contributed by atoms with Crippen molar-refractivity contribution in [1.82, 2.24) is 4.98 Å². The summed E-state index contributed by atoms with van der Waals surface area (Å²) in [6, 6.07) is 11.2. The Morgan fingerprint density at radius 1 is 1.18 bits per heavy atom. The van der Waals surface area contributed by atoms with Crippen LogP contribution < -0.4 is 10.7 Å². The van der Waals surface area contributed by atoms with Crippen LogP contribution in [0.3, 0.4) is 0 Å². The van der Waals surface area contributed by atoms with Crippen LogP contribution in [0, 0.1) is 12.7 Å². The molecule has 0 aliphatic heterocycles. The molecule has 0 radical (unpaired) electrons. The summed E-state index contributed by atoms with van der Waals surface area (Å²) in [6.45, 7) is 1.60. The first kappa shape index (κ1) is 14.0. The number of benzene rings is 2. The van der Waals surface area contributed by atoms with E-state index in [2.05, 4.69) is 10.3 Å². The van der Waals surface area contributed by atoms with Gasteiger partial charge in [0, 0.05) is 22.8 Å². The second kappa shape index (κ2) is 5.44. The third-order valence-corrected chi connectivity index (χ3v) is 3.45. The van der Waals surface area contributed by atoms with Gasteiger partial charge in [-0.2, -0.15) is 0 Å². The maximum absolute atomic E-state index is 13.2. The summed E-state index contributed by atoms with van der Waals surface area (Å²) in [5, 5.41) is 3.06. The Morgan fingerprint density at radius 3 is 2.73 bits per heavy atom. The average Bonchev–Trinajstić information content (AvgIpc) is 2.51. The maximum Gasteiger partial charge on any atom is 0.261 e. The molecule has 2 N–H and O–H groups in total. The lowest BCUT2D eigenvalue weighted by atomic mass is 10.1. The van der Waals surface area contributed by atoms with E-state index in [1.807, 2.05) is 0 Å². The predicted molar refractivity (Wildman–Crippen MR) is 83.7 cm³/mol. The second-order valence-corrected chi connectivity index (χ2v) is 5.00. The number of para-hydroxylation sites is 1. The van der Waals surface area contributed by atoms with Crippen molar-refractivity contribution >= 4 is 22.5 Å². The van der Waals surface area contributed by atoms with Crippen LogP contribution in [-0.2, 0) is 0 Å². The van der Waals surface area contributed by atoms with Gasteiger partial charge >= 0.3 is 0 Å². The number of halogens is 1. The fraction of sp³-hybridized carbons (Fsp3) is 0.0588. The Hall–Kier alpha value is -2.95. The molecule has 0 saturated heterocycles. The van der Waals surface area contributed by atoms with E-state index in [1.54, 1.807) is 31.2 Å². The molecule has 3 rings (SSSR count). The van der Waals surface area contributed by atoms with E-state index in [4.69, 9.17) is 0 Å². The third kappa shape index (κ3) is 2.48. The van der Waals surface area contributed by atoms with Gasteiger partial charge in [0.2, 0.25) is 5.43 Å². The molecule has 2 aromatic carbocycles. The molecule has 0 saturated carbocycles. The van der Waals surface area contributed by atoms with Crippen LogP contribution in [0.2, 0.25) is 0 Å². The Morgan fingerprint density at radius 2 is 1.95 bits per heavy atom. The Balaban J connectivity index is 1.97. The molecule has 5 heteroatoms. The first-order chi connectivity index (χ1) is 10.6. The summed E-state index contributed by atoms with van der Waals surface area (Å²) in [4.78, 5) is 27.5. The molecule has 1 aromatic heterocycles. The molecule has 22 heavy (non-hydrogen) atoms. The number of aromatic nitrogens is 1. The van der Waals surface area contributed by atoms with Crippen molar-refractivity contribution in [2.45, 2.75) is 6.92 Å². The normalized spacial score (nSPS) is 10.6. The molecule has 0 unspecified atom stereocenters. The van der Waals surface area contributed by atoms with Crippen LogP contribution in [0.15, 0.2) is 53.5 Å². The number of pyridine rings is 1. The van der Waals surface area contributed by atoms with Crippen molar-refractivity contribution in [2.75, 3.05) is 5.32 Å². The lowest BCUT2D eigenvalue weighted by Crippen LogP contribution is -2.22. The van der Waals surface area contributed by atoms with Gasteiger partial charge in [0.1, 0.15) is 11.4 Å². The van der Waals surface area contributed by atoms with Crippen molar-refractivity contribution in [1.29, 1.82) is 0 Å². The highest BCUT2D eigenvalue weighted by atomic mass is 19.1. The number of fused-ring (bicyclic) bond motifs is 1. The standard InChI is InChI=1S/C17H13FN2O2/c1-10-8-11(6-7-14(10)18)20-17(22)13-9-19-15-5-3-2-4-12(15)16(13)21/h2-9H,1H3,(H,19,21)(H,20,22). The predicted octanol–water partition coefficient (Wildman–Crippen LogP) is 3.23. The van der Waals surface area contributed by atoms with Crippen molar-refractivity contribution in [3.05, 3.63) is 75.8 Å². The van der Waals surface area contributed by atoms with Crippen LogP contribution >= 0.6 is 0 Å². The fourth-order valence-electron chi connectivity index (χ4n) is 2.26. The smallest absolute Gasteiger partial charge is 0.261 e. The van der Waals surface area contributed by atoms with Crippen LogP contribution in [0.25, 0.3) is 10.9 Å². The third-order valence-electron chi connectivity index (χ3n) is 3.45. The van der Waals surface area contributed by atoms with E-state index in [9.17, 15) is 14.0 Å². The lowest BCUT2D eigenvalue weighted by molar-refractivity contribution is 0.102. The number of amides is 1. The first-order valence-electron chi connectivity index (χ1n) is 6.74. The Labute approximate surface area is 125 Å². The van der Waals surface area contributed by atoms with Crippen molar-refractivity contribution in [3.63, 3.8) is 0 Å². The van der Waals surface area contributed by atoms with E-state index < -0.39 is 5.91 Å². The molecule has 4 nitrogen and oxygen atoms in total. The molecular formula is C17H13FN2O2. The summed E-state index contributed by atoms with van der Waals surface area (Å²) in [6.07, 6.45) is 1.39. The van der Waals surface area contributed by atoms with Crippen molar-refractivity contribution < 1.29 is 9.18 Å². The SMILES string of the molecule is Cc1cc(NC(=O)c2c[nH]c3ccccc3c2=O)ccc1F. The molecule has 0 aliphatic carbocycles. The summed E-state index contributed by atoms with van der Waals surface area (Å²) >= 11 is 0. The van der Waals surface area contributed by atoms with Crippen LogP contribution in [0.1, 0.15) is 15.9 Å². The molecule has 0 atom stereocenters. The summed E-state index contributed by atoms with van der Waals surface area (Å²) in [7, 11) is 0. The minimum atomic E-state index is -0.530. The minimum Gasteiger partial charge on any atom is -0.360 e. The Bertz CT molecular complexity index is 931. The monoisotopic (exact) mass is 296 g/mol. The fourth-order valence-corrected chi connectivity index (χ4v) is 2.26. The van der Waals surface area contributed by atoms with Gasteiger partial charge in [-0.05, 0) is 42.8 Å². The lowest BCUT2D eigenvalue weighted by Gasteiger charge is -2.07. The molecule has 1 amide bonds. The number of anilines is 1. The number of aromatic amines is 1. The zero-order valence-corrected chi connectivity index (χ0v) is 11.8. The largest absolute Gasteiger partial charge is 0.360 e. The number of carbonyl (C=O) groups excluding carboxylic acids is 1. The van der Waals surface area contributed by atoms with Gasteiger partial charge in [0.25, 0.3) is 5.91 Å². The topological polar surface area (TPSA) is 62.0 Å². The average molecular weight is 296 g/mol. The number of aryl methyl sites for hydroxylation is 1. The number of hydrogen-bond donors (Lipinski definition) is 2. The molecule has 3 aromatic rings. The molecule has 0 spiro atoms. The van der Waals surface area contributed by atoms with E-state index in [0.29, 0.717) is 22.2 Å². The molecule has 1 heterocycles. The van der Waals surface area contributed by atoms with Gasteiger partial charge in [-0.3, -0.25) is 9.59 Å². The van der Waals surface area contributed by atoms with Gasteiger partial charge in [-0.15, -0.1) is 0 Å². The highest BCUT2D eigenvalue weighted by Gasteiger charge is 2.13. The van der Waals surface area contributed by atoms with E-state index in [1.165, 1.54) is 24.4 Å². The number of hydrogen-bond acceptors (Lipinski definition) is 2. The highest BCUT2D eigenvalue weighted by Crippen LogP contribution is 2.15. The second-order valence-electron chi connectivity index (χ2n) is 5.00. The maximum atomic E-state index is 13.2. The zero-order valence-electron chi connectivity index (χ0n) is 11.8. The highest BCUT2D eigenvalue weighted by molar-refractivity contribution is 6.05. The minimum absolute atomic E-state index is 0.0145. The number of rotatable bonds is 2. The number of nitrogens with one attached hydrogen (secondary N) is 2. The molecular weight excluding hydrogens is 283 g/mol. The van der Waals surface area contributed by atoms with E-state index >= 15 is 0 Å². The Kier molecular flexibility index (Phi) is 3.47. The number of H-pyrrole nitrogens is 1. The van der Waals surface area contributed by atoms with Gasteiger partial charge in [-0.1, -0.05) is 12.1 Å². The van der Waals surface area contributed by atoms with Gasteiger partial charge in [-0.25, -0.2) is 4.39 Å².